The molecule has 2 aromatic heterocycles. The molecule has 0 saturated heterocycles. The number of aromatic nitrogens is 1. The molecular weight excluding hydrogens is 407 g/mol. The van der Waals surface area contributed by atoms with Gasteiger partial charge in [-0.1, -0.05) is 12.1 Å². The average molecular weight is 417 g/mol. The quantitative estimate of drug-likeness (QED) is 0.527. The number of aromatic carboxylic acids is 1. The van der Waals surface area contributed by atoms with Gasteiger partial charge in [0, 0.05) is 16.5 Å². The lowest BCUT2D eigenvalue weighted by Gasteiger charge is -2.09. The molecular formula is C16H10F3NO3S3. The number of rotatable bonds is 5. The van der Waals surface area contributed by atoms with Crippen molar-refractivity contribution in [3.8, 4) is 27.6 Å². The van der Waals surface area contributed by atoms with Gasteiger partial charge in [0.1, 0.15) is 15.6 Å². The molecule has 3 aromatic rings. The number of carboxylic acids is 1. The minimum atomic E-state index is -4.76. The van der Waals surface area contributed by atoms with Gasteiger partial charge in [-0.3, -0.25) is 0 Å². The molecule has 0 spiro atoms. The molecule has 0 radical (unpaired) electrons. The van der Waals surface area contributed by atoms with Crippen molar-refractivity contribution in [3.63, 3.8) is 0 Å². The molecule has 0 aliphatic carbocycles. The van der Waals surface area contributed by atoms with Crippen LogP contribution in [0.15, 0.2) is 39.9 Å². The second-order valence-corrected chi connectivity index (χ2v) is 7.92. The molecule has 0 unspecified atom stereocenters. The predicted molar refractivity (Wildman–Crippen MR) is 96.3 cm³/mol. The average Bonchev–Trinajstić information content (AvgIpc) is 3.20. The SMILES string of the molecule is CSc1sc(C(=O)O)cc1-c1nc(-c2cccc(OC(F)(F)F)c2)cs1. The van der Waals surface area contributed by atoms with E-state index < -0.39 is 12.3 Å². The summed E-state index contributed by atoms with van der Waals surface area (Å²) in [5.41, 5.74) is 1.68. The maximum Gasteiger partial charge on any atom is 0.573 e. The molecule has 1 aromatic carbocycles. The first-order valence-electron chi connectivity index (χ1n) is 7.00. The number of benzene rings is 1. The lowest BCUT2D eigenvalue weighted by molar-refractivity contribution is -0.274. The van der Waals surface area contributed by atoms with Crippen molar-refractivity contribution in [2.75, 3.05) is 6.26 Å². The summed E-state index contributed by atoms with van der Waals surface area (Å²) in [6.45, 7) is 0. The largest absolute Gasteiger partial charge is 0.573 e. The van der Waals surface area contributed by atoms with Crippen LogP contribution in [0, 0.1) is 0 Å². The van der Waals surface area contributed by atoms with Gasteiger partial charge >= 0.3 is 12.3 Å². The zero-order valence-electron chi connectivity index (χ0n) is 13.0. The Morgan fingerprint density at radius 2 is 2.08 bits per heavy atom. The fraction of sp³-hybridized carbons (Fsp3) is 0.125. The van der Waals surface area contributed by atoms with Crippen LogP contribution >= 0.6 is 34.4 Å². The second kappa shape index (κ2) is 7.29. The molecule has 0 atom stereocenters. The summed E-state index contributed by atoms with van der Waals surface area (Å²) in [6.07, 6.45) is -2.92. The van der Waals surface area contributed by atoms with Gasteiger partial charge in [0.2, 0.25) is 0 Å². The van der Waals surface area contributed by atoms with Gasteiger partial charge in [0.15, 0.2) is 0 Å². The van der Waals surface area contributed by atoms with Crippen molar-refractivity contribution >= 4 is 40.4 Å². The highest BCUT2D eigenvalue weighted by atomic mass is 32.2. The molecule has 0 bridgehead atoms. The Balaban J connectivity index is 1.94. The fourth-order valence-corrected chi connectivity index (χ4v) is 4.85. The monoisotopic (exact) mass is 417 g/mol. The van der Waals surface area contributed by atoms with Crippen LogP contribution in [0.3, 0.4) is 0 Å². The van der Waals surface area contributed by atoms with Crippen LogP contribution in [0.4, 0.5) is 13.2 Å². The maximum absolute atomic E-state index is 12.4. The summed E-state index contributed by atoms with van der Waals surface area (Å²) in [4.78, 5) is 15.8. The molecule has 2 heterocycles. The number of hydrogen-bond donors (Lipinski definition) is 1. The zero-order valence-corrected chi connectivity index (χ0v) is 15.5. The Bertz CT molecular complexity index is 950. The molecule has 0 amide bonds. The van der Waals surface area contributed by atoms with Crippen molar-refractivity contribution in [3.05, 3.63) is 40.6 Å². The number of thioether (sulfide) groups is 1. The van der Waals surface area contributed by atoms with Gasteiger partial charge in [0.25, 0.3) is 0 Å². The molecule has 0 aliphatic heterocycles. The number of ether oxygens (including phenoxy) is 1. The van der Waals surface area contributed by atoms with Crippen molar-refractivity contribution in [1.82, 2.24) is 4.98 Å². The Kier molecular flexibility index (Phi) is 5.26. The molecule has 0 saturated carbocycles. The van der Waals surface area contributed by atoms with E-state index in [1.165, 1.54) is 41.3 Å². The van der Waals surface area contributed by atoms with Gasteiger partial charge in [-0.2, -0.15) is 0 Å². The van der Waals surface area contributed by atoms with Gasteiger partial charge in [-0.05, 0) is 24.5 Å². The number of thiazole rings is 1. The molecule has 10 heteroatoms. The molecule has 0 aliphatic rings. The normalized spacial score (nSPS) is 11.5. The van der Waals surface area contributed by atoms with Crippen molar-refractivity contribution < 1.29 is 27.8 Å². The lowest BCUT2D eigenvalue weighted by atomic mass is 10.1. The van der Waals surface area contributed by atoms with Gasteiger partial charge < -0.3 is 9.84 Å². The summed E-state index contributed by atoms with van der Waals surface area (Å²) in [6, 6.07) is 7.13. The van der Waals surface area contributed by atoms with Crippen LogP contribution in [0.25, 0.3) is 21.8 Å². The summed E-state index contributed by atoms with van der Waals surface area (Å²) in [7, 11) is 0. The minimum absolute atomic E-state index is 0.210. The van der Waals surface area contributed by atoms with Crippen molar-refractivity contribution in [2.24, 2.45) is 0 Å². The lowest BCUT2D eigenvalue weighted by Crippen LogP contribution is -2.17. The highest BCUT2D eigenvalue weighted by molar-refractivity contribution is 8.00. The minimum Gasteiger partial charge on any atom is -0.477 e. The highest BCUT2D eigenvalue weighted by Crippen LogP contribution is 2.40. The van der Waals surface area contributed by atoms with E-state index in [0.717, 1.165) is 15.5 Å². The fourth-order valence-electron chi connectivity index (χ4n) is 2.16. The first kappa shape index (κ1) is 18.7. The topological polar surface area (TPSA) is 59.4 Å². The first-order valence-corrected chi connectivity index (χ1v) is 9.92. The summed E-state index contributed by atoms with van der Waals surface area (Å²) >= 11 is 3.88. The van der Waals surface area contributed by atoms with Gasteiger partial charge in [0.05, 0.1) is 9.90 Å². The van der Waals surface area contributed by atoms with E-state index in [0.29, 0.717) is 21.8 Å². The van der Waals surface area contributed by atoms with Crippen molar-refractivity contribution in [2.45, 2.75) is 10.6 Å². The van der Waals surface area contributed by atoms with E-state index >= 15 is 0 Å². The smallest absolute Gasteiger partial charge is 0.477 e. The van der Waals surface area contributed by atoms with E-state index in [1.54, 1.807) is 17.5 Å². The van der Waals surface area contributed by atoms with E-state index in [-0.39, 0.29) is 10.6 Å². The third-order valence-electron chi connectivity index (χ3n) is 3.19. The first-order chi connectivity index (χ1) is 12.3. The standard InChI is InChI=1S/C16H10F3NO3S3/c1-24-15-10(6-12(26-15)14(21)22)13-20-11(7-25-13)8-3-2-4-9(5-8)23-16(17,18)19/h2-7H,1H3,(H,21,22). The highest BCUT2D eigenvalue weighted by Gasteiger charge is 2.31. The van der Waals surface area contributed by atoms with Crippen LogP contribution in [-0.2, 0) is 0 Å². The number of nitrogens with zero attached hydrogens (tertiary/aromatic N) is 1. The number of carboxylic acid groups (broad SMARTS) is 1. The number of hydrogen-bond acceptors (Lipinski definition) is 6. The van der Waals surface area contributed by atoms with Gasteiger partial charge in [-0.15, -0.1) is 47.6 Å². The van der Waals surface area contributed by atoms with Crippen LogP contribution in [0.5, 0.6) is 5.75 Å². The predicted octanol–water partition coefficient (Wildman–Crippen LogP) is 5.86. The Morgan fingerprint density at radius 1 is 1.31 bits per heavy atom. The Morgan fingerprint density at radius 3 is 2.73 bits per heavy atom. The molecule has 26 heavy (non-hydrogen) atoms. The maximum atomic E-state index is 12.4. The Hall–Kier alpha value is -2.04. The number of alkyl halides is 3. The van der Waals surface area contributed by atoms with Crippen LogP contribution in [0.1, 0.15) is 9.67 Å². The van der Waals surface area contributed by atoms with E-state index in [4.69, 9.17) is 5.11 Å². The van der Waals surface area contributed by atoms with E-state index in [1.807, 2.05) is 6.26 Å². The molecule has 3 rings (SSSR count). The zero-order chi connectivity index (χ0) is 18.9. The summed E-state index contributed by atoms with van der Waals surface area (Å²) in [5, 5.41) is 11.5. The van der Waals surface area contributed by atoms with Crippen LogP contribution in [0.2, 0.25) is 0 Å². The van der Waals surface area contributed by atoms with Crippen molar-refractivity contribution in [1.29, 1.82) is 0 Å². The second-order valence-electron chi connectivity index (χ2n) is 4.93. The van der Waals surface area contributed by atoms with Crippen LogP contribution in [-0.4, -0.2) is 28.7 Å². The number of halogens is 3. The molecule has 4 nitrogen and oxygen atoms in total. The van der Waals surface area contributed by atoms with E-state index in [9.17, 15) is 18.0 Å². The number of thiophene rings is 1. The molecule has 0 fully saturated rings. The third-order valence-corrected chi connectivity index (χ3v) is 6.33. The third kappa shape index (κ3) is 4.19. The Labute approximate surface area is 158 Å². The summed E-state index contributed by atoms with van der Waals surface area (Å²) in [5.74, 6) is -1.33. The van der Waals surface area contributed by atoms with E-state index in [2.05, 4.69) is 9.72 Å². The summed E-state index contributed by atoms with van der Waals surface area (Å²) < 4.78 is 41.8. The molecule has 1 N–H and O–H groups in total. The van der Waals surface area contributed by atoms with Gasteiger partial charge in [-0.25, -0.2) is 9.78 Å². The van der Waals surface area contributed by atoms with Crippen LogP contribution < -0.4 is 4.74 Å². The molecule has 136 valence electrons. The number of carbonyl (C=O) groups is 1.